The molecule has 0 aliphatic carbocycles. The molecule has 35 heavy (non-hydrogen) atoms. The van der Waals surface area contributed by atoms with E-state index in [9.17, 15) is 9.18 Å². The van der Waals surface area contributed by atoms with E-state index in [-0.39, 0.29) is 5.75 Å². The quantitative estimate of drug-likeness (QED) is 0.330. The number of rotatable bonds is 7. The molecule has 1 N–H and O–H groups in total. The lowest BCUT2D eigenvalue weighted by atomic mass is 10.2. The molecule has 1 amide bonds. The third-order valence-corrected chi connectivity index (χ3v) is 6.51. The number of pyridine rings is 1. The Morgan fingerprint density at radius 3 is 2.69 bits per heavy atom. The van der Waals surface area contributed by atoms with E-state index in [0.29, 0.717) is 35.0 Å². The highest BCUT2D eigenvalue weighted by Gasteiger charge is 2.18. The number of benzene rings is 1. The van der Waals surface area contributed by atoms with Crippen molar-refractivity contribution < 1.29 is 18.4 Å². The van der Waals surface area contributed by atoms with Crippen molar-refractivity contribution in [3.8, 4) is 23.3 Å². The summed E-state index contributed by atoms with van der Waals surface area (Å²) in [5.74, 6) is 6.28. The number of carbonyl (C=O) groups excluding carboxylic acids is 1. The number of hydrogen-bond donors (Lipinski definition) is 1. The van der Waals surface area contributed by atoms with Crippen molar-refractivity contribution in [2.24, 2.45) is 0 Å². The van der Waals surface area contributed by atoms with Crippen LogP contribution in [-0.4, -0.2) is 40.6 Å². The number of amides is 1. The lowest BCUT2D eigenvalue weighted by Gasteiger charge is -2.12. The van der Waals surface area contributed by atoms with Crippen LogP contribution in [-0.2, 0) is 0 Å². The van der Waals surface area contributed by atoms with Gasteiger partial charge >= 0.3 is 0 Å². The largest absolute Gasteiger partial charge is 0.453 e. The molecule has 0 bridgehead atoms. The minimum Gasteiger partial charge on any atom is -0.453 e. The van der Waals surface area contributed by atoms with Gasteiger partial charge in [-0.3, -0.25) is 14.7 Å². The summed E-state index contributed by atoms with van der Waals surface area (Å²) in [7, 11) is 0. The highest BCUT2D eigenvalue weighted by Crippen LogP contribution is 2.36. The van der Waals surface area contributed by atoms with E-state index >= 15 is 0 Å². The Kier molecular flexibility index (Phi) is 7.44. The Morgan fingerprint density at radius 2 is 2.00 bits per heavy atom. The van der Waals surface area contributed by atoms with Crippen molar-refractivity contribution in [3.63, 3.8) is 0 Å². The summed E-state index contributed by atoms with van der Waals surface area (Å²) in [4.78, 5) is 20.0. The minimum absolute atomic E-state index is 0.0374. The molecule has 0 fully saturated rings. The van der Waals surface area contributed by atoms with Gasteiger partial charge in [-0.1, -0.05) is 30.8 Å². The Balaban J connectivity index is 1.51. The third kappa shape index (κ3) is 5.50. The second-order valence-corrected chi connectivity index (χ2v) is 8.85. The fraction of sp³-hybridized carbons (Fsp3) is 0.269. The van der Waals surface area contributed by atoms with Crippen LogP contribution >= 0.6 is 11.3 Å². The normalized spacial score (nSPS) is 10.9. The van der Waals surface area contributed by atoms with Gasteiger partial charge in [-0.05, 0) is 45.1 Å². The molecule has 180 valence electrons. The molecule has 0 aliphatic heterocycles. The second-order valence-electron chi connectivity index (χ2n) is 7.80. The summed E-state index contributed by atoms with van der Waals surface area (Å²) in [6.07, 6.45) is 1.62. The number of anilines is 1. The number of fused-ring (bicyclic) bond motifs is 1. The summed E-state index contributed by atoms with van der Waals surface area (Å²) in [6, 6.07) is 7.86. The molecule has 4 rings (SSSR count). The molecule has 0 unspecified atom stereocenters. The lowest BCUT2D eigenvalue weighted by molar-refractivity contribution is 0.102. The van der Waals surface area contributed by atoms with Gasteiger partial charge in [-0.2, -0.15) is 0 Å². The van der Waals surface area contributed by atoms with Crippen LogP contribution in [0.15, 0.2) is 41.1 Å². The highest BCUT2D eigenvalue weighted by molar-refractivity contribution is 7.19. The molecule has 4 aromatic rings. The molecule has 9 heteroatoms. The number of aromatic nitrogens is 2. The van der Waals surface area contributed by atoms with Gasteiger partial charge in [-0.25, -0.2) is 4.39 Å². The maximum atomic E-state index is 14.9. The number of hydrogen-bond acceptors (Lipinski definition) is 7. The monoisotopic (exact) mass is 492 g/mol. The Hall–Kier alpha value is -3.74. The average Bonchev–Trinajstić information content (AvgIpc) is 3.41. The SMILES string of the molecule is CCN(CC)CC#Cc1cc2nccc(Oc3ccc(NC(=O)c4c(C)noc4C)cc3F)c2s1. The summed E-state index contributed by atoms with van der Waals surface area (Å²) in [5.41, 5.74) is 1.83. The zero-order valence-electron chi connectivity index (χ0n) is 19.9. The molecule has 3 heterocycles. The molecule has 7 nitrogen and oxygen atoms in total. The zero-order valence-corrected chi connectivity index (χ0v) is 20.8. The van der Waals surface area contributed by atoms with Crippen molar-refractivity contribution in [3.05, 3.63) is 64.2 Å². The lowest BCUT2D eigenvalue weighted by Crippen LogP contribution is -2.22. The predicted octanol–water partition coefficient (Wildman–Crippen LogP) is 5.78. The number of aryl methyl sites for hydroxylation is 2. The van der Waals surface area contributed by atoms with Crippen LogP contribution in [0.25, 0.3) is 10.2 Å². The number of thiophene rings is 1. The summed E-state index contributed by atoms with van der Waals surface area (Å²) < 4.78 is 26.6. The molecule has 0 radical (unpaired) electrons. The van der Waals surface area contributed by atoms with Crippen LogP contribution in [0.1, 0.15) is 40.5 Å². The van der Waals surface area contributed by atoms with Crippen LogP contribution in [0.4, 0.5) is 10.1 Å². The van der Waals surface area contributed by atoms with Gasteiger partial charge in [0.1, 0.15) is 17.1 Å². The van der Waals surface area contributed by atoms with E-state index in [4.69, 9.17) is 9.26 Å². The maximum absolute atomic E-state index is 14.9. The maximum Gasteiger partial charge on any atom is 0.261 e. The molecule has 0 saturated heterocycles. The summed E-state index contributed by atoms with van der Waals surface area (Å²) in [5, 5.41) is 6.44. The van der Waals surface area contributed by atoms with E-state index in [1.165, 1.54) is 23.5 Å². The number of ether oxygens (including phenoxy) is 1. The standard InChI is InChI=1S/C26H25FN4O3S/c1-5-31(6-2)13-7-8-19-15-21-25(35-19)23(11-12-28-21)33-22-10-9-18(14-20(22)27)29-26(32)24-16(3)30-34-17(24)4/h9-12,14-15H,5-6,13H2,1-4H3,(H,29,32). The van der Waals surface area contributed by atoms with Crippen LogP contribution < -0.4 is 10.1 Å². The predicted molar refractivity (Wildman–Crippen MR) is 135 cm³/mol. The fourth-order valence-corrected chi connectivity index (χ4v) is 4.46. The van der Waals surface area contributed by atoms with Gasteiger partial charge in [-0.15, -0.1) is 11.3 Å². The second kappa shape index (κ2) is 10.7. The van der Waals surface area contributed by atoms with Crippen LogP contribution in [0.5, 0.6) is 11.5 Å². The van der Waals surface area contributed by atoms with Crippen molar-refractivity contribution in [2.75, 3.05) is 25.0 Å². The Bertz CT molecular complexity index is 1410. The number of halogens is 1. The first-order valence-electron chi connectivity index (χ1n) is 11.2. The average molecular weight is 493 g/mol. The van der Waals surface area contributed by atoms with E-state index in [1.54, 1.807) is 32.2 Å². The summed E-state index contributed by atoms with van der Waals surface area (Å²) in [6.45, 7) is 10.1. The van der Waals surface area contributed by atoms with Gasteiger partial charge < -0.3 is 14.6 Å². The Morgan fingerprint density at radius 1 is 1.20 bits per heavy atom. The Labute approximate surface area is 206 Å². The van der Waals surface area contributed by atoms with Gasteiger partial charge in [0, 0.05) is 24.0 Å². The molecule has 1 aromatic carbocycles. The zero-order chi connectivity index (χ0) is 24.9. The minimum atomic E-state index is -0.609. The van der Waals surface area contributed by atoms with Crippen molar-refractivity contribution in [1.82, 2.24) is 15.0 Å². The molecule has 0 spiro atoms. The van der Waals surface area contributed by atoms with E-state index in [0.717, 1.165) is 28.2 Å². The van der Waals surface area contributed by atoms with Crippen molar-refractivity contribution in [2.45, 2.75) is 27.7 Å². The third-order valence-electron chi connectivity index (χ3n) is 5.45. The number of nitrogens with zero attached hydrogens (tertiary/aromatic N) is 3. The molecule has 0 saturated carbocycles. The first kappa shape index (κ1) is 24.4. The molecular weight excluding hydrogens is 467 g/mol. The van der Waals surface area contributed by atoms with Crippen LogP contribution in [0.3, 0.4) is 0 Å². The van der Waals surface area contributed by atoms with E-state index in [1.807, 2.05) is 6.07 Å². The van der Waals surface area contributed by atoms with Gasteiger partial charge in [0.05, 0.1) is 27.3 Å². The van der Waals surface area contributed by atoms with E-state index < -0.39 is 11.7 Å². The molecule has 3 aromatic heterocycles. The molecule has 0 atom stereocenters. The first-order chi connectivity index (χ1) is 16.9. The number of nitrogens with one attached hydrogen (secondary N) is 1. The topological polar surface area (TPSA) is 80.5 Å². The van der Waals surface area contributed by atoms with E-state index in [2.05, 4.69) is 46.0 Å². The fourth-order valence-electron chi connectivity index (χ4n) is 3.52. The van der Waals surface area contributed by atoms with Crippen LogP contribution in [0.2, 0.25) is 0 Å². The van der Waals surface area contributed by atoms with Gasteiger partial charge in [0.15, 0.2) is 11.6 Å². The molecule has 0 aliphatic rings. The van der Waals surface area contributed by atoms with Crippen LogP contribution in [0, 0.1) is 31.5 Å². The summed E-state index contributed by atoms with van der Waals surface area (Å²) >= 11 is 1.45. The first-order valence-corrected chi connectivity index (χ1v) is 12.0. The number of carbonyl (C=O) groups is 1. The smallest absolute Gasteiger partial charge is 0.261 e. The van der Waals surface area contributed by atoms with Crippen molar-refractivity contribution in [1.29, 1.82) is 0 Å². The van der Waals surface area contributed by atoms with Crippen molar-refractivity contribution >= 4 is 33.1 Å². The van der Waals surface area contributed by atoms with Gasteiger partial charge in [0.25, 0.3) is 5.91 Å². The highest BCUT2D eigenvalue weighted by atomic mass is 32.1. The molecular formula is C26H25FN4O3S. The van der Waals surface area contributed by atoms with Gasteiger partial charge in [0.2, 0.25) is 0 Å².